The summed E-state index contributed by atoms with van der Waals surface area (Å²) in [5.41, 5.74) is 9.48. The Balaban J connectivity index is 2.14. The van der Waals surface area contributed by atoms with E-state index in [0.29, 0.717) is 0 Å². The first kappa shape index (κ1) is 12.3. The molecule has 1 aromatic rings. The second-order valence-corrected chi connectivity index (χ2v) is 5.18. The summed E-state index contributed by atoms with van der Waals surface area (Å²) in [4.78, 5) is 2.52. The van der Waals surface area contributed by atoms with Gasteiger partial charge in [0.15, 0.2) is 0 Å². The topological polar surface area (TPSA) is 29.3 Å². The van der Waals surface area contributed by atoms with E-state index in [9.17, 15) is 0 Å². The van der Waals surface area contributed by atoms with Crippen molar-refractivity contribution in [3.63, 3.8) is 0 Å². The number of nitrogen functional groups attached to an aromatic ring is 1. The lowest BCUT2D eigenvalue weighted by Gasteiger charge is -2.25. The highest BCUT2D eigenvalue weighted by molar-refractivity contribution is 5.64. The highest BCUT2D eigenvalue weighted by atomic mass is 15.1. The van der Waals surface area contributed by atoms with E-state index in [2.05, 4.69) is 30.9 Å². The number of nitrogens with zero attached hydrogens (tertiary/aromatic N) is 1. The SMILES string of the molecule is CCC1CCCN(c2cccc(N)c2C)CC1. The molecule has 0 amide bonds. The average Bonchev–Trinajstić information content (AvgIpc) is 2.58. The molecule has 0 aromatic heterocycles. The summed E-state index contributed by atoms with van der Waals surface area (Å²) in [5.74, 6) is 0.918. The Kier molecular flexibility index (Phi) is 3.93. The standard InChI is InChI=1S/C15H24N2/c1-3-13-6-5-10-17(11-9-13)15-8-4-7-14(16)12(15)2/h4,7-8,13H,3,5-6,9-11,16H2,1-2H3. The number of benzene rings is 1. The van der Waals surface area contributed by atoms with Crippen molar-refractivity contribution < 1.29 is 0 Å². The van der Waals surface area contributed by atoms with Gasteiger partial charge in [-0.2, -0.15) is 0 Å². The minimum atomic E-state index is 0.916. The molecule has 0 saturated carbocycles. The molecule has 94 valence electrons. The minimum Gasteiger partial charge on any atom is -0.398 e. The van der Waals surface area contributed by atoms with Gasteiger partial charge in [0, 0.05) is 24.5 Å². The van der Waals surface area contributed by atoms with Crippen molar-refractivity contribution >= 4 is 11.4 Å². The molecule has 2 nitrogen and oxygen atoms in total. The maximum atomic E-state index is 5.99. The largest absolute Gasteiger partial charge is 0.398 e. The highest BCUT2D eigenvalue weighted by Crippen LogP contribution is 2.28. The molecule has 0 aliphatic carbocycles. The molecule has 1 aliphatic rings. The van der Waals surface area contributed by atoms with E-state index in [0.717, 1.165) is 11.6 Å². The molecular weight excluding hydrogens is 208 g/mol. The van der Waals surface area contributed by atoms with Gasteiger partial charge in [-0.15, -0.1) is 0 Å². The lowest BCUT2D eigenvalue weighted by Crippen LogP contribution is -2.25. The van der Waals surface area contributed by atoms with Crippen LogP contribution in [0.4, 0.5) is 11.4 Å². The van der Waals surface area contributed by atoms with Crippen molar-refractivity contribution in [3.8, 4) is 0 Å². The number of rotatable bonds is 2. The summed E-state index contributed by atoms with van der Waals surface area (Å²) in [6, 6.07) is 6.27. The van der Waals surface area contributed by atoms with Gasteiger partial charge in [0.05, 0.1) is 0 Å². The Morgan fingerprint density at radius 1 is 1.29 bits per heavy atom. The maximum Gasteiger partial charge on any atom is 0.0416 e. The van der Waals surface area contributed by atoms with Crippen LogP contribution in [0.3, 0.4) is 0 Å². The molecule has 1 fully saturated rings. The van der Waals surface area contributed by atoms with Crippen molar-refractivity contribution in [1.29, 1.82) is 0 Å². The maximum absolute atomic E-state index is 5.99. The lowest BCUT2D eigenvalue weighted by molar-refractivity contribution is 0.459. The summed E-state index contributed by atoms with van der Waals surface area (Å²) in [6.07, 6.45) is 5.34. The molecule has 1 heterocycles. The predicted octanol–water partition coefficient (Wildman–Crippen LogP) is 3.59. The average molecular weight is 232 g/mol. The summed E-state index contributed by atoms with van der Waals surface area (Å²) >= 11 is 0. The quantitative estimate of drug-likeness (QED) is 0.789. The molecule has 1 aliphatic heterocycles. The molecule has 0 spiro atoms. The van der Waals surface area contributed by atoms with Crippen LogP contribution in [0, 0.1) is 12.8 Å². The second kappa shape index (κ2) is 5.44. The summed E-state index contributed by atoms with van der Waals surface area (Å²) < 4.78 is 0. The molecule has 2 rings (SSSR count). The third-order valence-corrected chi connectivity index (χ3v) is 4.11. The van der Waals surface area contributed by atoms with Gasteiger partial charge in [-0.25, -0.2) is 0 Å². The monoisotopic (exact) mass is 232 g/mol. The van der Waals surface area contributed by atoms with E-state index in [1.807, 2.05) is 6.07 Å². The van der Waals surface area contributed by atoms with E-state index < -0.39 is 0 Å². The van der Waals surface area contributed by atoms with Gasteiger partial charge >= 0.3 is 0 Å². The van der Waals surface area contributed by atoms with Crippen molar-refractivity contribution in [2.24, 2.45) is 5.92 Å². The van der Waals surface area contributed by atoms with Crippen molar-refractivity contribution in [1.82, 2.24) is 0 Å². The molecular formula is C15H24N2. The zero-order chi connectivity index (χ0) is 12.3. The number of hydrogen-bond acceptors (Lipinski definition) is 2. The van der Waals surface area contributed by atoms with Crippen molar-refractivity contribution in [2.75, 3.05) is 23.7 Å². The Labute approximate surface area is 105 Å². The minimum absolute atomic E-state index is 0.916. The number of anilines is 2. The molecule has 2 N–H and O–H groups in total. The Hall–Kier alpha value is -1.18. The van der Waals surface area contributed by atoms with Crippen molar-refractivity contribution in [3.05, 3.63) is 23.8 Å². The lowest BCUT2D eigenvalue weighted by atomic mass is 9.98. The molecule has 1 aromatic carbocycles. The van der Waals surface area contributed by atoms with Crippen LogP contribution in [0.5, 0.6) is 0 Å². The summed E-state index contributed by atoms with van der Waals surface area (Å²) in [7, 11) is 0. The first-order valence-electron chi connectivity index (χ1n) is 6.82. The van der Waals surface area contributed by atoms with E-state index in [-0.39, 0.29) is 0 Å². The van der Waals surface area contributed by atoms with E-state index in [1.54, 1.807) is 0 Å². The van der Waals surface area contributed by atoms with Crippen LogP contribution in [0.1, 0.15) is 38.2 Å². The van der Waals surface area contributed by atoms with Crippen LogP contribution >= 0.6 is 0 Å². The Morgan fingerprint density at radius 3 is 2.88 bits per heavy atom. The molecule has 1 unspecified atom stereocenters. The van der Waals surface area contributed by atoms with Crippen LogP contribution in [-0.2, 0) is 0 Å². The molecule has 0 bridgehead atoms. The van der Waals surface area contributed by atoms with Crippen LogP contribution < -0.4 is 10.6 Å². The predicted molar refractivity (Wildman–Crippen MR) is 75.4 cm³/mol. The smallest absolute Gasteiger partial charge is 0.0416 e. The zero-order valence-electron chi connectivity index (χ0n) is 11.1. The van der Waals surface area contributed by atoms with Crippen LogP contribution in [0.15, 0.2) is 18.2 Å². The summed E-state index contributed by atoms with van der Waals surface area (Å²) in [6.45, 7) is 6.81. The first-order chi connectivity index (χ1) is 8.22. The van der Waals surface area contributed by atoms with Gasteiger partial charge in [-0.3, -0.25) is 0 Å². The van der Waals surface area contributed by atoms with Gasteiger partial charge in [0.25, 0.3) is 0 Å². The van der Waals surface area contributed by atoms with Gasteiger partial charge in [-0.1, -0.05) is 19.4 Å². The molecule has 2 heteroatoms. The van der Waals surface area contributed by atoms with Crippen LogP contribution in [0.2, 0.25) is 0 Å². The molecule has 0 radical (unpaired) electrons. The third-order valence-electron chi connectivity index (χ3n) is 4.11. The molecule has 17 heavy (non-hydrogen) atoms. The van der Waals surface area contributed by atoms with Crippen LogP contribution in [-0.4, -0.2) is 13.1 Å². The Morgan fingerprint density at radius 2 is 2.12 bits per heavy atom. The third kappa shape index (κ3) is 2.74. The summed E-state index contributed by atoms with van der Waals surface area (Å²) in [5, 5.41) is 0. The number of hydrogen-bond donors (Lipinski definition) is 1. The zero-order valence-corrected chi connectivity index (χ0v) is 11.1. The fourth-order valence-electron chi connectivity index (χ4n) is 2.80. The van der Waals surface area contributed by atoms with Gasteiger partial charge < -0.3 is 10.6 Å². The fraction of sp³-hybridized carbons (Fsp3) is 0.600. The van der Waals surface area contributed by atoms with Gasteiger partial charge in [-0.05, 0) is 49.8 Å². The highest BCUT2D eigenvalue weighted by Gasteiger charge is 2.17. The van der Waals surface area contributed by atoms with E-state index >= 15 is 0 Å². The van der Waals surface area contributed by atoms with Crippen LogP contribution in [0.25, 0.3) is 0 Å². The molecule has 1 atom stereocenters. The first-order valence-corrected chi connectivity index (χ1v) is 6.82. The Bertz CT molecular complexity index is 373. The number of nitrogens with two attached hydrogens (primary N) is 1. The van der Waals surface area contributed by atoms with E-state index in [4.69, 9.17) is 5.73 Å². The van der Waals surface area contributed by atoms with Gasteiger partial charge in [0.1, 0.15) is 0 Å². The second-order valence-electron chi connectivity index (χ2n) is 5.18. The van der Waals surface area contributed by atoms with Crippen molar-refractivity contribution in [2.45, 2.75) is 39.5 Å². The van der Waals surface area contributed by atoms with E-state index in [1.165, 1.54) is 50.0 Å². The van der Waals surface area contributed by atoms with Gasteiger partial charge in [0.2, 0.25) is 0 Å². The molecule has 1 saturated heterocycles. The fourth-order valence-corrected chi connectivity index (χ4v) is 2.80. The normalized spacial score (nSPS) is 21.3.